The fourth-order valence-corrected chi connectivity index (χ4v) is 1.27. The molecule has 15 heavy (non-hydrogen) atoms. The lowest BCUT2D eigenvalue weighted by Gasteiger charge is -2.22. The fourth-order valence-electron chi connectivity index (χ4n) is 1.06. The van der Waals surface area contributed by atoms with Crippen LogP contribution in [-0.2, 0) is 0 Å². The Morgan fingerprint density at radius 3 is 2.47 bits per heavy atom. The number of benzene rings is 1. The Kier molecular flexibility index (Phi) is 4.21. The van der Waals surface area contributed by atoms with Gasteiger partial charge in [-0.25, -0.2) is 0 Å². The summed E-state index contributed by atoms with van der Waals surface area (Å²) in [6.07, 6.45) is 2.05. The van der Waals surface area contributed by atoms with E-state index in [0.717, 1.165) is 5.56 Å². The van der Waals surface area contributed by atoms with Crippen molar-refractivity contribution in [1.82, 2.24) is 5.32 Å². The summed E-state index contributed by atoms with van der Waals surface area (Å²) in [4.78, 5) is 11.7. The maximum atomic E-state index is 11.7. The third kappa shape index (κ3) is 3.96. The van der Waals surface area contributed by atoms with E-state index in [2.05, 4.69) is 25.4 Å². The first-order valence-electron chi connectivity index (χ1n) is 4.93. The van der Waals surface area contributed by atoms with Crippen molar-refractivity contribution in [2.45, 2.75) is 18.6 Å². The molecule has 1 rings (SSSR count). The summed E-state index contributed by atoms with van der Waals surface area (Å²) < 4.78 is 0.0877. The summed E-state index contributed by atoms with van der Waals surface area (Å²) in [6, 6.07) is 9.29. The van der Waals surface area contributed by atoms with E-state index in [1.807, 2.05) is 30.3 Å². The minimum absolute atomic E-state index is 0.00211. The molecule has 1 aromatic carbocycles. The van der Waals surface area contributed by atoms with E-state index in [0.29, 0.717) is 6.54 Å². The summed E-state index contributed by atoms with van der Waals surface area (Å²) in [5.41, 5.74) is 0.717. The highest BCUT2D eigenvalue weighted by atomic mass is 32.2. The van der Waals surface area contributed by atoms with Crippen LogP contribution in [-0.4, -0.2) is 23.5 Å². The van der Waals surface area contributed by atoms with Crippen molar-refractivity contribution in [2.24, 2.45) is 0 Å². The Labute approximate surface area is 95.5 Å². The molecule has 0 bridgehead atoms. The molecular formula is C12H17NOS. The molecule has 0 aliphatic carbocycles. The number of thioether (sulfide) groups is 1. The van der Waals surface area contributed by atoms with Gasteiger partial charge in [-0.15, -0.1) is 0 Å². The van der Waals surface area contributed by atoms with Gasteiger partial charge >= 0.3 is 0 Å². The summed E-state index contributed by atoms with van der Waals surface area (Å²) >= 11 is 1.75. The normalized spacial score (nSPS) is 11.1. The van der Waals surface area contributed by atoms with Crippen LogP contribution in [0, 0.1) is 0 Å². The molecular weight excluding hydrogens is 206 g/mol. The highest BCUT2D eigenvalue weighted by Crippen LogP contribution is 2.19. The molecule has 0 spiro atoms. The molecule has 0 aliphatic rings. The van der Waals surface area contributed by atoms with Gasteiger partial charge in [-0.3, -0.25) is 4.79 Å². The molecule has 0 saturated carbocycles. The Balaban J connectivity index is 2.51. The van der Waals surface area contributed by atoms with Gasteiger partial charge in [-0.1, -0.05) is 18.2 Å². The molecule has 2 nitrogen and oxygen atoms in total. The predicted molar refractivity (Wildman–Crippen MR) is 66.4 cm³/mol. The lowest BCUT2D eigenvalue weighted by Crippen LogP contribution is -2.36. The quantitative estimate of drug-likeness (QED) is 0.850. The van der Waals surface area contributed by atoms with Crippen molar-refractivity contribution in [3.8, 4) is 0 Å². The zero-order valence-corrected chi connectivity index (χ0v) is 10.2. The number of carbonyl (C=O) groups excluding carboxylic acids is 1. The van der Waals surface area contributed by atoms with Crippen LogP contribution in [0.1, 0.15) is 24.2 Å². The van der Waals surface area contributed by atoms with E-state index in [9.17, 15) is 4.79 Å². The maximum absolute atomic E-state index is 11.7. The van der Waals surface area contributed by atoms with E-state index in [-0.39, 0.29) is 10.7 Å². The second kappa shape index (κ2) is 5.21. The first-order valence-corrected chi connectivity index (χ1v) is 6.16. The zero-order chi connectivity index (χ0) is 11.3. The highest BCUT2D eigenvalue weighted by Gasteiger charge is 2.17. The third-order valence-corrected chi connectivity index (χ3v) is 3.51. The average Bonchev–Trinajstić information content (AvgIpc) is 2.27. The fraction of sp³-hybridized carbons (Fsp3) is 0.417. The molecule has 1 amide bonds. The van der Waals surface area contributed by atoms with Crippen LogP contribution in [0.25, 0.3) is 0 Å². The molecule has 3 heteroatoms. The number of hydrogen-bond donors (Lipinski definition) is 1. The van der Waals surface area contributed by atoms with Gasteiger partial charge in [-0.2, -0.15) is 11.8 Å². The summed E-state index contributed by atoms with van der Waals surface area (Å²) in [6.45, 7) is 4.91. The lowest BCUT2D eigenvalue weighted by molar-refractivity contribution is 0.0951. The van der Waals surface area contributed by atoms with Crippen LogP contribution < -0.4 is 5.32 Å². The first-order chi connectivity index (χ1) is 7.05. The molecule has 0 heterocycles. The van der Waals surface area contributed by atoms with E-state index >= 15 is 0 Å². The maximum Gasteiger partial charge on any atom is 0.251 e. The van der Waals surface area contributed by atoms with Crippen molar-refractivity contribution in [2.75, 3.05) is 12.8 Å². The number of hydrogen-bond acceptors (Lipinski definition) is 2. The van der Waals surface area contributed by atoms with Crippen LogP contribution in [0.2, 0.25) is 0 Å². The van der Waals surface area contributed by atoms with Crippen molar-refractivity contribution in [3.05, 3.63) is 35.9 Å². The predicted octanol–water partition coefficient (Wildman–Crippen LogP) is 2.56. The van der Waals surface area contributed by atoms with Crippen LogP contribution in [0.3, 0.4) is 0 Å². The van der Waals surface area contributed by atoms with E-state index < -0.39 is 0 Å². The molecule has 0 fully saturated rings. The van der Waals surface area contributed by atoms with Crippen molar-refractivity contribution >= 4 is 17.7 Å². The molecule has 0 saturated heterocycles. The zero-order valence-electron chi connectivity index (χ0n) is 9.41. The molecule has 0 aliphatic heterocycles. The minimum Gasteiger partial charge on any atom is -0.351 e. The molecule has 1 N–H and O–H groups in total. The molecule has 1 aromatic rings. The van der Waals surface area contributed by atoms with Crippen LogP contribution >= 0.6 is 11.8 Å². The highest BCUT2D eigenvalue weighted by molar-refractivity contribution is 7.99. The topological polar surface area (TPSA) is 29.1 Å². The number of nitrogens with one attached hydrogen (secondary N) is 1. The van der Waals surface area contributed by atoms with Gasteiger partial charge in [0.2, 0.25) is 0 Å². The van der Waals surface area contributed by atoms with Gasteiger partial charge in [0.1, 0.15) is 0 Å². The molecule has 0 aromatic heterocycles. The monoisotopic (exact) mass is 223 g/mol. The molecule has 82 valence electrons. The van der Waals surface area contributed by atoms with Crippen molar-refractivity contribution in [1.29, 1.82) is 0 Å². The molecule has 0 radical (unpaired) electrons. The average molecular weight is 223 g/mol. The first kappa shape index (κ1) is 12.1. The lowest BCUT2D eigenvalue weighted by atomic mass is 10.2. The Morgan fingerprint density at radius 2 is 1.93 bits per heavy atom. The summed E-state index contributed by atoms with van der Waals surface area (Å²) in [5, 5.41) is 2.93. The van der Waals surface area contributed by atoms with Gasteiger partial charge in [-0.05, 0) is 32.2 Å². The van der Waals surface area contributed by atoms with Gasteiger partial charge in [0.05, 0.1) is 0 Å². The van der Waals surface area contributed by atoms with Crippen LogP contribution in [0.4, 0.5) is 0 Å². The summed E-state index contributed by atoms with van der Waals surface area (Å²) in [5.74, 6) is -0.00211. The van der Waals surface area contributed by atoms with E-state index in [4.69, 9.17) is 0 Å². The molecule has 0 atom stereocenters. The van der Waals surface area contributed by atoms with Gasteiger partial charge < -0.3 is 5.32 Å². The van der Waals surface area contributed by atoms with E-state index in [1.54, 1.807) is 11.8 Å². The van der Waals surface area contributed by atoms with Gasteiger partial charge in [0.25, 0.3) is 5.91 Å². The number of carbonyl (C=O) groups is 1. The molecule has 0 unspecified atom stereocenters. The third-order valence-electron chi connectivity index (χ3n) is 2.26. The second-order valence-electron chi connectivity index (χ2n) is 4.01. The van der Waals surface area contributed by atoms with E-state index in [1.165, 1.54) is 0 Å². The van der Waals surface area contributed by atoms with Crippen molar-refractivity contribution < 1.29 is 4.79 Å². The van der Waals surface area contributed by atoms with Crippen LogP contribution in [0.5, 0.6) is 0 Å². The largest absolute Gasteiger partial charge is 0.351 e. The minimum atomic E-state index is -0.00211. The van der Waals surface area contributed by atoms with Gasteiger partial charge in [0.15, 0.2) is 0 Å². The number of rotatable bonds is 4. The standard InChI is InChI=1S/C12H17NOS/c1-12(2,15-3)9-13-11(14)10-7-5-4-6-8-10/h4-8H,9H2,1-3H3,(H,13,14). The van der Waals surface area contributed by atoms with Crippen LogP contribution in [0.15, 0.2) is 30.3 Å². The Morgan fingerprint density at radius 1 is 1.33 bits per heavy atom. The SMILES string of the molecule is CSC(C)(C)CNC(=O)c1ccccc1. The smallest absolute Gasteiger partial charge is 0.251 e. The number of amides is 1. The summed E-state index contributed by atoms with van der Waals surface area (Å²) in [7, 11) is 0. The Hall–Kier alpha value is -0.960. The van der Waals surface area contributed by atoms with Gasteiger partial charge in [0, 0.05) is 16.9 Å². The van der Waals surface area contributed by atoms with Crippen molar-refractivity contribution in [3.63, 3.8) is 0 Å². The second-order valence-corrected chi connectivity index (χ2v) is 5.53. The Bertz CT molecular complexity index is 322.